The number of fused-ring (bicyclic) bond motifs is 1. The van der Waals surface area contributed by atoms with E-state index in [2.05, 4.69) is 9.98 Å². The van der Waals surface area contributed by atoms with E-state index >= 15 is 0 Å². The first-order valence-electron chi connectivity index (χ1n) is 8.34. The van der Waals surface area contributed by atoms with Crippen LogP contribution < -0.4 is 11.5 Å². The molecular formula is C20H15F5N4. The maximum atomic E-state index is 14.4. The SMILES string of the molecule is C/C=C(\N=C(N)N)c1ccc2nc(C(F)(F)F)cc(-c3ccc(F)cc3F)c2c1. The lowest BCUT2D eigenvalue weighted by Gasteiger charge is -2.14. The van der Waals surface area contributed by atoms with Gasteiger partial charge in [-0.05, 0) is 42.8 Å². The number of guanidine groups is 1. The van der Waals surface area contributed by atoms with Crippen LogP contribution in [0.3, 0.4) is 0 Å². The molecule has 9 heteroatoms. The molecule has 0 atom stereocenters. The zero-order chi connectivity index (χ0) is 21.3. The van der Waals surface area contributed by atoms with Gasteiger partial charge in [0.15, 0.2) is 5.96 Å². The average Bonchev–Trinajstić information content (AvgIpc) is 2.64. The van der Waals surface area contributed by atoms with Crippen LogP contribution in [0.5, 0.6) is 0 Å². The van der Waals surface area contributed by atoms with Crippen LogP contribution in [0, 0.1) is 11.6 Å². The van der Waals surface area contributed by atoms with E-state index < -0.39 is 23.5 Å². The maximum Gasteiger partial charge on any atom is 0.433 e. The van der Waals surface area contributed by atoms with Gasteiger partial charge in [0, 0.05) is 22.6 Å². The molecule has 4 N–H and O–H groups in total. The van der Waals surface area contributed by atoms with Gasteiger partial charge in [0.25, 0.3) is 0 Å². The molecule has 150 valence electrons. The first kappa shape index (κ1) is 20.2. The fraction of sp³-hybridized carbons (Fsp3) is 0.100. The van der Waals surface area contributed by atoms with Gasteiger partial charge in [-0.15, -0.1) is 0 Å². The van der Waals surface area contributed by atoms with Crippen molar-refractivity contribution in [1.82, 2.24) is 4.98 Å². The molecule has 4 nitrogen and oxygen atoms in total. The van der Waals surface area contributed by atoms with Gasteiger partial charge < -0.3 is 11.5 Å². The molecule has 0 aliphatic rings. The van der Waals surface area contributed by atoms with Crippen LogP contribution in [-0.4, -0.2) is 10.9 Å². The summed E-state index contributed by atoms with van der Waals surface area (Å²) in [5, 5.41) is 0.228. The summed E-state index contributed by atoms with van der Waals surface area (Å²) in [6, 6.07) is 7.76. The minimum atomic E-state index is -4.75. The molecule has 0 amide bonds. The molecule has 0 spiro atoms. The predicted octanol–water partition coefficient (Wildman–Crippen LogP) is 4.83. The minimum Gasteiger partial charge on any atom is -0.370 e. The lowest BCUT2D eigenvalue weighted by molar-refractivity contribution is -0.140. The molecule has 0 radical (unpaired) electrons. The van der Waals surface area contributed by atoms with Crippen molar-refractivity contribution in [3.05, 3.63) is 71.4 Å². The van der Waals surface area contributed by atoms with Gasteiger partial charge in [0.05, 0.1) is 11.2 Å². The summed E-state index contributed by atoms with van der Waals surface area (Å²) in [4.78, 5) is 7.61. The van der Waals surface area contributed by atoms with Crippen LogP contribution in [-0.2, 0) is 6.18 Å². The largest absolute Gasteiger partial charge is 0.433 e. The van der Waals surface area contributed by atoms with Crippen LogP contribution in [0.4, 0.5) is 22.0 Å². The van der Waals surface area contributed by atoms with Gasteiger partial charge in [0.1, 0.15) is 17.3 Å². The monoisotopic (exact) mass is 406 g/mol. The van der Waals surface area contributed by atoms with Crippen LogP contribution in [0.1, 0.15) is 18.2 Å². The summed E-state index contributed by atoms with van der Waals surface area (Å²) in [6.45, 7) is 1.68. The summed E-state index contributed by atoms with van der Waals surface area (Å²) in [6.07, 6.45) is -3.14. The highest BCUT2D eigenvalue weighted by atomic mass is 19.4. The van der Waals surface area contributed by atoms with Gasteiger partial charge in [-0.1, -0.05) is 12.1 Å². The number of aromatic nitrogens is 1. The number of halogens is 5. The fourth-order valence-corrected chi connectivity index (χ4v) is 2.90. The second kappa shape index (κ2) is 7.50. The molecular weight excluding hydrogens is 391 g/mol. The van der Waals surface area contributed by atoms with Gasteiger partial charge in [-0.2, -0.15) is 13.2 Å². The van der Waals surface area contributed by atoms with Crippen molar-refractivity contribution in [2.24, 2.45) is 16.5 Å². The molecule has 2 aromatic carbocycles. The quantitative estimate of drug-likeness (QED) is 0.371. The first-order chi connectivity index (χ1) is 13.6. The smallest absolute Gasteiger partial charge is 0.370 e. The maximum absolute atomic E-state index is 14.4. The second-order valence-corrected chi connectivity index (χ2v) is 6.12. The van der Waals surface area contributed by atoms with E-state index in [0.29, 0.717) is 17.3 Å². The number of nitrogens with zero attached hydrogens (tertiary/aromatic N) is 2. The Hall–Kier alpha value is -3.49. The number of aliphatic imine (C=N–C) groups is 1. The summed E-state index contributed by atoms with van der Waals surface area (Å²) < 4.78 is 67.6. The van der Waals surface area contributed by atoms with E-state index in [-0.39, 0.29) is 28.0 Å². The Morgan fingerprint density at radius 1 is 1.00 bits per heavy atom. The Morgan fingerprint density at radius 3 is 2.31 bits per heavy atom. The number of alkyl halides is 3. The lowest BCUT2D eigenvalue weighted by atomic mass is 9.97. The molecule has 0 fully saturated rings. The molecule has 1 aromatic heterocycles. The first-order valence-corrected chi connectivity index (χ1v) is 8.34. The third-order valence-corrected chi connectivity index (χ3v) is 4.14. The van der Waals surface area contributed by atoms with E-state index in [1.807, 2.05) is 0 Å². The van der Waals surface area contributed by atoms with Crippen molar-refractivity contribution in [2.75, 3.05) is 0 Å². The second-order valence-electron chi connectivity index (χ2n) is 6.12. The van der Waals surface area contributed by atoms with Crippen LogP contribution >= 0.6 is 0 Å². The normalized spacial score (nSPS) is 12.3. The molecule has 29 heavy (non-hydrogen) atoms. The predicted molar refractivity (Wildman–Crippen MR) is 102 cm³/mol. The molecule has 0 unspecified atom stereocenters. The van der Waals surface area contributed by atoms with Crippen molar-refractivity contribution in [3.63, 3.8) is 0 Å². The van der Waals surface area contributed by atoms with E-state index in [1.54, 1.807) is 13.0 Å². The zero-order valence-electron chi connectivity index (χ0n) is 15.1. The molecule has 0 saturated carbocycles. The number of hydrogen-bond donors (Lipinski definition) is 2. The van der Waals surface area contributed by atoms with E-state index in [1.165, 1.54) is 18.2 Å². The Balaban J connectivity index is 2.35. The Kier molecular flexibility index (Phi) is 5.23. The van der Waals surface area contributed by atoms with E-state index in [9.17, 15) is 22.0 Å². The summed E-state index contributed by atoms with van der Waals surface area (Å²) >= 11 is 0. The average molecular weight is 406 g/mol. The standard InChI is InChI=1S/C20H15F5N4/c1-2-16(29-19(26)27)10-3-6-17-14(7-10)13(9-18(28-17)20(23,24)25)12-5-4-11(21)8-15(12)22/h2-9H,1H3,(H4,26,27,29)/b16-2-. The van der Waals surface area contributed by atoms with Crippen molar-refractivity contribution in [3.8, 4) is 11.1 Å². The topological polar surface area (TPSA) is 77.3 Å². The van der Waals surface area contributed by atoms with E-state index in [0.717, 1.165) is 18.2 Å². The fourth-order valence-electron chi connectivity index (χ4n) is 2.90. The number of benzene rings is 2. The van der Waals surface area contributed by atoms with Crippen molar-refractivity contribution < 1.29 is 22.0 Å². The Bertz CT molecular complexity index is 1150. The minimum absolute atomic E-state index is 0.0116. The molecule has 0 aliphatic carbocycles. The van der Waals surface area contributed by atoms with Crippen LogP contribution in [0.25, 0.3) is 27.7 Å². The Morgan fingerprint density at radius 2 is 1.72 bits per heavy atom. The zero-order valence-corrected chi connectivity index (χ0v) is 15.1. The van der Waals surface area contributed by atoms with Gasteiger partial charge in [-0.3, -0.25) is 0 Å². The number of hydrogen-bond acceptors (Lipinski definition) is 2. The number of rotatable bonds is 3. The molecule has 1 heterocycles. The Labute approximate surface area is 162 Å². The molecule has 0 bridgehead atoms. The molecule has 0 aliphatic heterocycles. The summed E-state index contributed by atoms with van der Waals surface area (Å²) in [5.74, 6) is -2.04. The third kappa shape index (κ3) is 4.18. The molecule has 3 aromatic rings. The van der Waals surface area contributed by atoms with Gasteiger partial charge in [0.2, 0.25) is 0 Å². The van der Waals surface area contributed by atoms with E-state index in [4.69, 9.17) is 11.5 Å². The van der Waals surface area contributed by atoms with Crippen LogP contribution in [0.15, 0.2) is 53.5 Å². The van der Waals surface area contributed by atoms with Gasteiger partial charge >= 0.3 is 6.18 Å². The third-order valence-electron chi connectivity index (χ3n) is 4.14. The van der Waals surface area contributed by atoms with Crippen LogP contribution in [0.2, 0.25) is 0 Å². The highest BCUT2D eigenvalue weighted by Gasteiger charge is 2.33. The molecule has 0 saturated heterocycles. The van der Waals surface area contributed by atoms with Gasteiger partial charge in [-0.25, -0.2) is 18.8 Å². The van der Waals surface area contributed by atoms with Crippen molar-refractivity contribution in [1.29, 1.82) is 0 Å². The number of pyridine rings is 1. The highest BCUT2D eigenvalue weighted by Crippen LogP contribution is 2.37. The molecule has 3 rings (SSSR count). The summed E-state index contributed by atoms with van der Waals surface area (Å²) in [5.41, 5.74) is 10.2. The summed E-state index contributed by atoms with van der Waals surface area (Å²) in [7, 11) is 0. The highest BCUT2D eigenvalue weighted by molar-refractivity contribution is 5.97. The number of allylic oxidation sites excluding steroid dienone is 1. The van der Waals surface area contributed by atoms with Crippen molar-refractivity contribution >= 4 is 22.6 Å². The van der Waals surface area contributed by atoms with Crippen molar-refractivity contribution in [2.45, 2.75) is 13.1 Å². The number of nitrogens with two attached hydrogens (primary N) is 2. The lowest BCUT2D eigenvalue weighted by Crippen LogP contribution is -2.22.